The highest BCUT2D eigenvalue weighted by molar-refractivity contribution is 5.94. The van der Waals surface area contributed by atoms with Crippen molar-refractivity contribution in [3.05, 3.63) is 35.4 Å². The lowest BCUT2D eigenvalue weighted by atomic mass is 9.84. The summed E-state index contributed by atoms with van der Waals surface area (Å²) in [6.07, 6.45) is -0.105. The largest absolute Gasteiger partial charge is 0.453 e. The average Bonchev–Trinajstić information content (AvgIpc) is 2.44. The van der Waals surface area contributed by atoms with Crippen LogP contribution in [0.2, 0.25) is 0 Å². The third kappa shape index (κ3) is 1.31. The molecule has 74 valence electrons. The van der Waals surface area contributed by atoms with E-state index in [1.54, 1.807) is 0 Å². The molecule has 0 radical (unpaired) electrons. The average molecular weight is 190 g/mol. The quantitative estimate of drug-likeness (QED) is 0.588. The number of hydrogen-bond donors (Lipinski definition) is 0. The van der Waals surface area contributed by atoms with Crippen molar-refractivity contribution in [1.29, 1.82) is 0 Å². The number of carbonyl (C=O) groups excluding carboxylic acids is 1. The molecule has 2 rings (SSSR count). The molecule has 0 N–H and O–H groups in total. The zero-order valence-electron chi connectivity index (χ0n) is 8.70. The van der Waals surface area contributed by atoms with Crippen LogP contribution >= 0.6 is 0 Å². The first-order valence-corrected chi connectivity index (χ1v) is 4.80. The van der Waals surface area contributed by atoms with Crippen molar-refractivity contribution >= 4 is 5.97 Å². The van der Waals surface area contributed by atoms with Crippen molar-refractivity contribution in [3.8, 4) is 0 Å². The number of esters is 1. The number of hydrogen-bond acceptors (Lipinski definition) is 2. The van der Waals surface area contributed by atoms with E-state index < -0.39 is 0 Å². The first kappa shape index (κ1) is 9.25. The molecule has 0 aromatic heterocycles. The summed E-state index contributed by atoms with van der Waals surface area (Å²) in [5.41, 5.74) is 1.69. The molecular formula is C12H14O2. The van der Waals surface area contributed by atoms with Gasteiger partial charge in [0.05, 0.1) is 5.56 Å². The molecule has 0 spiro atoms. The van der Waals surface area contributed by atoms with Gasteiger partial charge in [-0.2, -0.15) is 0 Å². The van der Waals surface area contributed by atoms with E-state index in [2.05, 4.69) is 20.8 Å². The minimum absolute atomic E-state index is 0.0394. The van der Waals surface area contributed by atoms with E-state index in [0.29, 0.717) is 5.56 Å². The van der Waals surface area contributed by atoms with E-state index in [1.165, 1.54) is 0 Å². The van der Waals surface area contributed by atoms with Crippen LogP contribution in [0, 0.1) is 5.41 Å². The summed E-state index contributed by atoms with van der Waals surface area (Å²) >= 11 is 0. The molecule has 0 fully saturated rings. The van der Waals surface area contributed by atoms with Gasteiger partial charge in [-0.15, -0.1) is 0 Å². The minimum atomic E-state index is -0.194. The maximum atomic E-state index is 11.5. The van der Waals surface area contributed by atoms with Crippen molar-refractivity contribution in [2.75, 3.05) is 0 Å². The Balaban J connectivity index is 2.50. The fourth-order valence-corrected chi connectivity index (χ4v) is 1.79. The molecule has 0 saturated carbocycles. The summed E-state index contributed by atoms with van der Waals surface area (Å²) in [6, 6.07) is 7.60. The lowest BCUT2D eigenvalue weighted by Crippen LogP contribution is -2.18. The first-order valence-electron chi connectivity index (χ1n) is 4.80. The molecule has 0 bridgehead atoms. The van der Waals surface area contributed by atoms with E-state index in [4.69, 9.17) is 4.74 Å². The Bertz CT molecular complexity index is 374. The molecule has 2 nitrogen and oxygen atoms in total. The lowest BCUT2D eigenvalue weighted by molar-refractivity contribution is 0.00778. The summed E-state index contributed by atoms with van der Waals surface area (Å²) in [5, 5.41) is 0. The SMILES string of the molecule is CC(C)(C)[C@@H]1OC(=O)c2ccccc21. The molecule has 1 aliphatic heterocycles. The molecule has 0 saturated heterocycles. The Labute approximate surface area is 83.9 Å². The van der Waals surface area contributed by atoms with Crippen LogP contribution in [0.3, 0.4) is 0 Å². The number of cyclic esters (lactones) is 1. The van der Waals surface area contributed by atoms with Gasteiger partial charge in [0.25, 0.3) is 0 Å². The van der Waals surface area contributed by atoms with Gasteiger partial charge < -0.3 is 4.74 Å². The number of fused-ring (bicyclic) bond motifs is 1. The second-order valence-electron chi connectivity index (χ2n) is 4.74. The Hall–Kier alpha value is -1.31. The zero-order valence-corrected chi connectivity index (χ0v) is 8.70. The van der Waals surface area contributed by atoms with Crippen LogP contribution in [0.4, 0.5) is 0 Å². The molecule has 1 atom stereocenters. The summed E-state index contributed by atoms with van der Waals surface area (Å²) in [6.45, 7) is 6.23. The summed E-state index contributed by atoms with van der Waals surface area (Å²) in [5.74, 6) is -0.194. The summed E-state index contributed by atoms with van der Waals surface area (Å²) < 4.78 is 5.36. The fraction of sp³-hybridized carbons (Fsp3) is 0.417. The van der Waals surface area contributed by atoms with E-state index in [0.717, 1.165) is 5.56 Å². The second-order valence-corrected chi connectivity index (χ2v) is 4.74. The first-order chi connectivity index (χ1) is 6.50. The molecule has 1 aliphatic rings. The highest BCUT2D eigenvalue weighted by Crippen LogP contribution is 2.42. The van der Waals surface area contributed by atoms with Crippen LogP contribution in [0.1, 0.15) is 42.8 Å². The fourth-order valence-electron chi connectivity index (χ4n) is 1.79. The van der Waals surface area contributed by atoms with Crippen molar-refractivity contribution in [2.45, 2.75) is 26.9 Å². The van der Waals surface area contributed by atoms with Crippen LogP contribution in [-0.4, -0.2) is 5.97 Å². The van der Waals surface area contributed by atoms with Gasteiger partial charge in [-0.25, -0.2) is 4.79 Å². The highest BCUT2D eigenvalue weighted by Gasteiger charge is 2.38. The molecule has 0 amide bonds. The molecule has 1 heterocycles. The molecule has 1 aromatic rings. The molecular weight excluding hydrogens is 176 g/mol. The second kappa shape index (κ2) is 2.84. The number of rotatable bonds is 0. The Morgan fingerprint density at radius 3 is 2.50 bits per heavy atom. The molecule has 0 aliphatic carbocycles. The topological polar surface area (TPSA) is 26.3 Å². The van der Waals surface area contributed by atoms with Crippen LogP contribution in [0.15, 0.2) is 24.3 Å². The normalized spacial score (nSPS) is 20.5. The minimum Gasteiger partial charge on any atom is -0.453 e. The van der Waals surface area contributed by atoms with E-state index in [-0.39, 0.29) is 17.5 Å². The predicted molar refractivity (Wildman–Crippen MR) is 54.1 cm³/mol. The van der Waals surface area contributed by atoms with Gasteiger partial charge in [0.15, 0.2) is 0 Å². The van der Waals surface area contributed by atoms with Crippen molar-refractivity contribution in [1.82, 2.24) is 0 Å². The third-order valence-electron chi connectivity index (χ3n) is 2.47. The Morgan fingerprint density at radius 2 is 1.86 bits per heavy atom. The van der Waals surface area contributed by atoms with Crippen LogP contribution in [-0.2, 0) is 4.74 Å². The van der Waals surface area contributed by atoms with Gasteiger partial charge in [0.1, 0.15) is 6.10 Å². The lowest BCUT2D eigenvalue weighted by Gasteiger charge is -2.25. The van der Waals surface area contributed by atoms with Crippen LogP contribution in [0.25, 0.3) is 0 Å². The number of carbonyl (C=O) groups is 1. The van der Waals surface area contributed by atoms with Gasteiger partial charge in [-0.1, -0.05) is 39.0 Å². The molecule has 0 unspecified atom stereocenters. The van der Waals surface area contributed by atoms with Crippen molar-refractivity contribution < 1.29 is 9.53 Å². The number of ether oxygens (including phenoxy) is 1. The van der Waals surface area contributed by atoms with E-state index in [9.17, 15) is 4.79 Å². The summed E-state index contributed by atoms with van der Waals surface area (Å²) in [4.78, 5) is 11.5. The van der Waals surface area contributed by atoms with Crippen molar-refractivity contribution in [3.63, 3.8) is 0 Å². The van der Waals surface area contributed by atoms with Gasteiger partial charge in [0.2, 0.25) is 0 Å². The monoisotopic (exact) mass is 190 g/mol. The van der Waals surface area contributed by atoms with Crippen LogP contribution < -0.4 is 0 Å². The maximum absolute atomic E-state index is 11.5. The zero-order chi connectivity index (χ0) is 10.3. The Morgan fingerprint density at radius 1 is 1.21 bits per heavy atom. The standard InChI is InChI=1S/C12H14O2/c1-12(2,3)10-8-6-4-5-7-9(8)11(13)14-10/h4-7,10H,1-3H3/t10-/m1/s1. The Kier molecular flexibility index (Phi) is 1.88. The third-order valence-corrected chi connectivity index (χ3v) is 2.47. The van der Waals surface area contributed by atoms with Crippen molar-refractivity contribution in [2.24, 2.45) is 5.41 Å². The van der Waals surface area contributed by atoms with Gasteiger partial charge in [-0.3, -0.25) is 0 Å². The highest BCUT2D eigenvalue weighted by atomic mass is 16.5. The summed E-state index contributed by atoms with van der Waals surface area (Å²) in [7, 11) is 0. The van der Waals surface area contributed by atoms with Crippen LogP contribution in [0.5, 0.6) is 0 Å². The van der Waals surface area contributed by atoms with E-state index >= 15 is 0 Å². The van der Waals surface area contributed by atoms with Gasteiger partial charge >= 0.3 is 5.97 Å². The van der Waals surface area contributed by atoms with Gasteiger partial charge in [-0.05, 0) is 6.07 Å². The molecule has 14 heavy (non-hydrogen) atoms. The number of benzene rings is 1. The van der Waals surface area contributed by atoms with Gasteiger partial charge in [0, 0.05) is 11.0 Å². The molecule has 1 aromatic carbocycles. The maximum Gasteiger partial charge on any atom is 0.339 e. The smallest absolute Gasteiger partial charge is 0.339 e. The molecule has 2 heteroatoms. The van der Waals surface area contributed by atoms with E-state index in [1.807, 2.05) is 24.3 Å². The predicted octanol–water partition coefficient (Wildman–Crippen LogP) is 2.94.